The maximum absolute atomic E-state index is 5.54. The Morgan fingerprint density at radius 3 is 3.08 bits per heavy atom. The molecular formula is C9H11N3S. The summed E-state index contributed by atoms with van der Waals surface area (Å²) < 4.78 is 0. The predicted octanol–water partition coefficient (Wildman–Crippen LogP) is 0.945. The normalized spacial score (nSPS) is 14.4. The summed E-state index contributed by atoms with van der Waals surface area (Å²) in [6.45, 7) is 1.36. The molecule has 0 amide bonds. The highest BCUT2D eigenvalue weighted by molar-refractivity contribution is 7.80. The number of rotatable bonds is 1. The highest BCUT2D eigenvalue weighted by Crippen LogP contribution is 2.20. The Morgan fingerprint density at radius 2 is 2.31 bits per heavy atom. The molecule has 68 valence electrons. The second-order valence-electron chi connectivity index (χ2n) is 3.00. The van der Waals surface area contributed by atoms with Crippen LogP contribution < -0.4 is 16.4 Å². The topological polar surface area (TPSA) is 50.1 Å². The first kappa shape index (κ1) is 8.47. The molecule has 0 bridgehead atoms. The average Bonchev–Trinajstić information content (AvgIpc) is 2.16. The third-order valence-electron chi connectivity index (χ3n) is 2.10. The molecule has 4 N–H and O–H groups in total. The highest BCUT2D eigenvalue weighted by Gasteiger charge is 2.10. The third-order valence-corrected chi connectivity index (χ3v) is 2.34. The van der Waals surface area contributed by atoms with Gasteiger partial charge in [-0.3, -0.25) is 0 Å². The molecule has 0 radical (unpaired) electrons. The van der Waals surface area contributed by atoms with Crippen LogP contribution >= 0.6 is 12.2 Å². The third kappa shape index (κ3) is 1.64. The summed E-state index contributed by atoms with van der Waals surface area (Å²) in [6, 6.07) is 6.15. The SMILES string of the molecule is NCc1ccc2c(c1)NC(=S)NC2. The maximum atomic E-state index is 5.54. The van der Waals surface area contributed by atoms with E-state index in [0.29, 0.717) is 11.7 Å². The van der Waals surface area contributed by atoms with Crippen molar-refractivity contribution in [2.45, 2.75) is 13.1 Å². The Bertz CT molecular complexity index is 349. The molecule has 0 unspecified atom stereocenters. The lowest BCUT2D eigenvalue weighted by molar-refractivity contribution is 0.905. The number of hydrogen-bond donors (Lipinski definition) is 3. The molecule has 4 heteroatoms. The van der Waals surface area contributed by atoms with Crippen molar-refractivity contribution in [1.82, 2.24) is 5.32 Å². The summed E-state index contributed by atoms with van der Waals surface area (Å²) in [5.41, 5.74) is 8.97. The molecule has 13 heavy (non-hydrogen) atoms. The molecule has 2 rings (SSSR count). The van der Waals surface area contributed by atoms with Crippen LogP contribution in [0.25, 0.3) is 0 Å². The van der Waals surface area contributed by atoms with Gasteiger partial charge in [0.05, 0.1) is 0 Å². The van der Waals surface area contributed by atoms with Gasteiger partial charge in [-0.05, 0) is 29.4 Å². The van der Waals surface area contributed by atoms with Gasteiger partial charge < -0.3 is 16.4 Å². The Kier molecular flexibility index (Phi) is 2.16. The van der Waals surface area contributed by atoms with Gasteiger partial charge in [-0.2, -0.15) is 0 Å². The molecule has 1 aliphatic heterocycles. The molecule has 1 aromatic rings. The fraction of sp³-hybridized carbons (Fsp3) is 0.222. The number of anilines is 1. The van der Waals surface area contributed by atoms with Crippen molar-refractivity contribution in [1.29, 1.82) is 0 Å². The molecule has 3 nitrogen and oxygen atoms in total. The summed E-state index contributed by atoms with van der Waals surface area (Å²) in [4.78, 5) is 0. The first-order valence-electron chi connectivity index (χ1n) is 4.16. The van der Waals surface area contributed by atoms with Crippen LogP contribution in [-0.2, 0) is 13.1 Å². The van der Waals surface area contributed by atoms with Gasteiger partial charge in [0.15, 0.2) is 5.11 Å². The summed E-state index contributed by atoms with van der Waals surface area (Å²) in [6.07, 6.45) is 0. The van der Waals surface area contributed by atoms with E-state index in [1.165, 1.54) is 5.56 Å². The zero-order valence-electron chi connectivity index (χ0n) is 7.13. The molecule has 1 aromatic carbocycles. The Labute approximate surface area is 82.3 Å². The second-order valence-corrected chi connectivity index (χ2v) is 3.41. The number of hydrogen-bond acceptors (Lipinski definition) is 2. The van der Waals surface area contributed by atoms with E-state index in [-0.39, 0.29) is 0 Å². The molecule has 0 saturated carbocycles. The lowest BCUT2D eigenvalue weighted by Gasteiger charge is -2.20. The van der Waals surface area contributed by atoms with E-state index in [1.54, 1.807) is 0 Å². The number of benzene rings is 1. The van der Waals surface area contributed by atoms with E-state index in [9.17, 15) is 0 Å². The van der Waals surface area contributed by atoms with Crippen LogP contribution in [0.5, 0.6) is 0 Å². The van der Waals surface area contributed by atoms with E-state index in [0.717, 1.165) is 17.8 Å². The largest absolute Gasteiger partial charge is 0.358 e. The number of nitrogens with one attached hydrogen (secondary N) is 2. The van der Waals surface area contributed by atoms with Gasteiger partial charge in [0, 0.05) is 18.8 Å². The molecular weight excluding hydrogens is 182 g/mol. The van der Waals surface area contributed by atoms with Gasteiger partial charge in [0.1, 0.15) is 0 Å². The molecule has 0 atom stereocenters. The molecule has 0 aromatic heterocycles. The summed E-state index contributed by atoms with van der Waals surface area (Å²) in [5, 5.41) is 6.85. The van der Waals surface area contributed by atoms with Crippen LogP contribution in [0, 0.1) is 0 Å². The van der Waals surface area contributed by atoms with Crippen molar-refractivity contribution in [3.63, 3.8) is 0 Å². The lowest BCUT2D eigenvalue weighted by Crippen LogP contribution is -2.33. The van der Waals surface area contributed by atoms with E-state index in [2.05, 4.69) is 16.7 Å². The minimum atomic E-state index is 0.565. The monoisotopic (exact) mass is 193 g/mol. The minimum absolute atomic E-state index is 0.565. The molecule has 0 fully saturated rings. The highest BCUT2D eigenvalue weighted by atomic mass is 32.1. The summed E-state index contributed by atoms with van der Waals surface area (Å²) in [7, 11) is 0. The summed E-state index contributed by atoms with van der Waals surface area (Å²) >= 11 is 5.01. The zero-order chi connectivity index (χ0) is 9.26. The van der Waals surface area contributed by atoms with Gasteiger partial charge in [0.2, 0.25) is 0 Å². The molecule has 0 spiro atoms. The minimum Gasteiger partial charge on any atom is -0.358 e. The van der Waals surface area contributed by atoms with Gasteiger partial charge in [-0.25, -0.2) is 0 Å². The molecule has 0 saturated heterocycles. The van der Waals surface area contributed by atoms with Crippen LogP contribution in [0.3, 0.4) is 0 Å². The fourth-order valence-corrected chi connectivity index (χ4v) is 1.55. The second kappa shape index (κ2) is 3.32. The standard InChI is InChI=1S/C9H11N3S/c10-4-6-1-2-7-5-11-9(13)12-8(7)3-6/h1-3H,4-5,10H2,(H2,11,12,13). The van der Waals surface area contributed by atoms with Gasteiger partial charge in [-0.15, -0.1) is 0 Å². The van der Waals surface area contributed by atoms with Crippen molar-refractivity contribution in [3.05, 3.63) is 29.3 Å². The fourth-order valence-electron chi connectivity index (χ4n) is 1.36. The van der Waals surface area contributed by atoms with Crippen molar-refractivity contribution >= 4 is 23.0 Å². The predicted molar refractivity (Wildman–Crippen MR) is 57.4 cm³/mol. The number of thiocarbonyl (C=S) groups is 1. The van der Waals surface area contributed by atoms with Gasteiger partial charge in [0.25, 0.3) is 0 Å². The van der Waals surface area contributed by atoms with Gasteiger partial charge >= 0.3 is 0 Å². The Morgan fingerprint density at radius 1 is 1.46 bits per heavy atom. The van der Waals surface area contributed by atoms with E-state index >= 15 is 0 Å². The smallest absolute Gasteiger partial charge is 0.171 e. The molecule has 1 heterocycles. The van der Waals surface area contributed by atoms with Crippen LogP contribution in [0.4, 0.5) is 5.69 Å². The van der Waals surface area contributed by atoms with E-state index in [4.69, 9.17) is 18.0 Å². The van der Waals surface area contributed by atoms with Crippen molar-refractivity contribution in [2.75, 3.05) is 5.32 Å². The van der Waals surface area contributed by atoms with Crippen molar-refractivity contribution in [3.8, 4) is 0 Å². The molecule has 1 aliphatic rings. The average molecular weight is 193 g/mol. The van der Waals surface area contributed by atoms with Crippen LogP contribution in [0.2, 0.25) is 0 Å². The zero-order valence-corrected chi connectivity index (χ0v) is 7.95. The first-order valence-corrected chi connectivity index (χ1v) is 4.57. The lowest BCUT2D eigenvalue weighted by atomic mass is 10.1. The van der Waals surface area contributed by atoms with Crippen LogP contribution in [0.1, 0.15) is 11.1 Å². The van der Waals surface area contributed by atoms with Crippen LogP contribution in [-0.4, -0.2) is 5.11 Å². The van der Waals surface area contributed by atoms with Crippen LogP contribution in [0.15, 0.2) is 18.2 Å². The van der Waals surface area contributed by atoms with E-state index in [1.807, 2.05) is 12.1 Å². The maximum Gasteiger partial charge on any atom is 0.171 e. The quantitative estimate of drug-likeness (QED) is 0.581. The van der Waals surface area contributed by atoms with E-state index < -0.39 is 0 Å². The Hall–Kier alpha value is -1.13. The molecule has 0 aliphatic carbocycles. The van der Waals surface area contributed by atoms with Crippen molar-refractivity contribution in [2.24, 2.45) is 5.73 Å². The van der Waals surface area contributed by atoms with Gasteiger partial charge in [-0.1, -0.05) is 12.1 Å². The first-order chi connectivity index (χ1) is 6.29. The number of fused-ring (bicyclic) bond motifs is 1. The van der Waals surface area contributed by atoms with Crippen molar-refractivity contribution < 1.29 is 0 Å². The summed E-state index contributed by atoms with van der Waals surface area (Å²) in [5.74, 6) is 0. The Balaban J connectivity index is 2.38. The number of nitrogens with two attached hydrogens (primary N) is 1.